The molecule has 1 atom stereocenters. The Bertz CT molecular complexity index is 991. The zero-order valence-corrected chi connectivity index (χ0v) is 15.9. The van der Waals surface area contributed by atoms with Crippen LogP contribution >= 0.6 is 23.2 Å². The van der Waals surface area contributed by atoms with Gasteiger partial charge < -0.3 is 14.3 Å². The number of fused-ring (bicyclic) bond motifs is 1. The van der Waals surface area contributed by atoms with Gasteiger partial charge in [0.2, 0.25) is 0 Å². The maximum absolute atomic E-state index is 12.2. The lowest BCUT2D eigenvalue weighted by Crippen LogP contribution is -2.16. The predicted molar refractivity (Wildman–Crippen MR) is 103 cm³/mol. The van der Waals surface area contributed by atoms with Crippen LogP contribution < -0.4 is 10.4 Å². The van der Waals surface area contributed by atoms with Gasteiger partial charge in [0.1, 0.15) is 17.9 Å². The van der Waals surface area contributed by atoms with Crippen molar-refractivity contribution in [2.45, 2.75) is 33.0 Å². The minimum atomic E-state index is -0.633. The lowest BCUT2D eigenvalue weighted by Gasteiger charge is -2.12. The van der Waals surface area contributed by atoms with Crippen LogP contribution in [0.5, 0.6) is 5.75 Å². The molecule has 4 nitrogen and oxygen atoms in total. The van der Waals surface area contributed by atoms with E-state index in [1.54, 1.807) is 31.2 Å². The second-order valence-electron chi connectivity index (χ2n) is 6.24. The highest BCUT2D eigenvalue weighted by Gasteiger charge is 2.16. The third-order valence-electron chi connectivity index (χ3n) is 4.15. The Morgan fingerprint density at radius 1 is 1.19 bits per heavy atom. The summed E-state index contributed by atoms with van der Waals surface area (Å²) in [6.07, 6.45) is -0.400. The van der Waals surface area contributed by atoms with Crippen molar-refractivity contribution in [2.24, 2.45) is 0 Å². The molecule has 2 aromatic carbocycles. The van der Waals surface area contributed by atoms with Gasteiger partial charge in [0.25, 0.3) is 0 Å². The van der Waals surface area contributed by atoms with E-state index in [1.807, 2.05) is 19.1 Å². The summed E-state index contributed by atoms with van der Waals surface area (Å²) in [7, 11) is 0. The van der Waals surface area contributed by atoms with Gasteiger partial charge in [0.05, 0.1) is 11.1 Å². The van der Waals surface area contributed by atoms with E-state index in [0.29, 0.717) is 33.5 Å². The van der Waals surface area contributed by atoms with Crippen LogP contribution in [0.3, 0.4) is 0 Å². The zero-order valence-electron chi connectivity index (χ0n) is 14.4. The molecule has 1 N–H and O–H groups in total. The number of hydrogen-bond acceptors (Lipinski definition) is 4. The maximum atomic E-state index is 12.2. The Labute approximate surface area is 160 Å². The molecule has 1 heterocycles. The van der Waals surface area contributed by atoms with E-state index in [2.05, 4.69) is 0 Å². The van der Waals surface area contributed by atoms with Crippen molar-refractivity contribution >= 4 is 34.2 Å². The molecule has 6 heteroatoms. The Morgan fingerprint density at radius 2 is 1.88 bits per heavy atom. The van der Waals surface area contributed by atoms with Gasteiger partial charge in [-0.3, -0.25) is 0 Å². The SMILES string of the molecule is Cc1c(C[C@@H](C)O)c(=O)oc2cc(OCc3ccc(Cl)cc3)c(Cl)cc12. The fourth-order valence-electron chi connectivity index (χ4n) is 2.77. The summed E-state index contributed by atoms with van der Waals surface area (Å²) in [6.45, 7) is 3.76. The molecule has 0 radical (unpaired) electrons. The summed E-state index contributed by atoms with van der Waals surface area (Å²) in [5, 5.41) is 11.4. The molecule has 1 aromatic heterocycles. The molecule has 0 aliphatic rings. The molecular formula is C20H18Cl2O4. The summed E-state index contributed by atoms with van der Waals surface area (Å²) in [5.41, 5.74) is 2.09. The van der Waals surface area contributed by atoms with Crippen molar-refractivity contribution in [1.82, 2.24) is 0 Å². The molecule has 0 unspecified atom stereocenters. The minimum Gasteiger partial charge on any atom is -0.487 e. The topological polar surface area (TPSA) is 59.7 Å². The highest BCUT2D eigenvalue weighted by atomic mass is 35.5. The summed E-state index contributed by atoms with van der Waals surface area (Å²) >= 11 is 12.2. The Kier molecular flexibility index (Phi) is 5.56. The van der Waals surface area contributed by atoms with Gasteiger partial charge >= 0.3 is 5.63 Å². The van der Waals surface area contributed by atoms with Gasteiger partial charge in [-0.15, -0.1) is 0 Å². The quantitative estimate of drug-likeness (QED) is 0.626. The number of ether oxygens (including phenoxy) is 1. The van der Waals surface area contributed by atoms with E-state index < -0.39 is 11.7 Å². The highest BCUT2D eigenvalue weighted by Crippen LogP contribution is 2.32. The molecule has 0 amide bonds. The average Bonchev–Trinajstić information content (AvgIpc) is 2.59. The third kappa shape index (κ3) is 4.04. The molecule has 26 heavy (non-hydrogen) atoms. The van der Waals surface area contributed by atoms with E-state index in [1.165, 1.54) is 0 Å². The first-order valence-corrected chi connectivity index (χ1v) is 8.92. The predicted octanol–water partition coefficient (Wildman–Crippen LogP) is 4.91. The fraction of sp³-hybridized carbons (Fsp3) is 0.250. The lowest BCUT2D eigenvalue weighted by atomic mass is 10.0. The van der Waals surface area contributed by atoms with Gasteiger partial charge in [-0.05, 0) is 43.2 Å². The minimum absolute atomic E-state index is 0.233. The van der Waals surface area contributed by atoms with Crippen LogP contribution in [0, 0.1) is 6.92 Å². The fourth-order valence-corrected chi connectivity index (χ4v) is 3.12. The van der Waals surface area contributed by atoms with Gasteiger partial charge in [-0.1, -0.05) is 35.3 Å². The van der Waals surface area contributed by atoms with Gasteiger partial charge in [0, 0.05) is 28.5 Å². The van der Waals surface area contributed by atoms with E-state index in [4.69, 9.17) is 32.4 Å². The summed E-state index contributed by atoms with van der Waals surface area (Å²) < 4.78 is 11.2. The summed E-state index contributed by atoms with van der Waals surface area (Å²) in [4.78, 5) is 12.2. The number of aliphatic hydroxyl groups excluding tert-OH is 1. The molecule has 0 aliphatic carbocycles. The van der Waals surface area contributed by atoms with Gasteiger partial charge in [-0.25, -0.2) is 4.79 Å². The first kappa shape index (κ1) is 18.8. The normalized spacial score (nSPS) is 12.3. The van der Waals surface area contributed by atoms with Crippen LogP contribution in [0.4, 0.5) is 0 Å². The number of hydrogen-bond donors (Lipinski definition) is 1. The molecule has 0 fully saturated rings. The standard InChI is InChI=1S/C20H18Cl2O4/c1-11(23)7-16-12(2)15-8-17(22)19(9-18(15)26-20(16)24)25-10-13-3-5-14(21)6-4-13/h3-6,8-9,11,23H,7,10H2,1-2H3/t11-/m1/s1. The van der Waals surface area contributed by atoms with Crippen molar-refractivity contribution in [2.75, 3.05) is 0 Å². The van der Waals surface area contributed by atoms with E-state index in [0.717, 1.165) is 16.5 Å². The molecule has 136 valence electrons. The molecular weight excluding hydrogens is 375 g/mol. The van der Waals surface area contributed by atoms with Crippen molar-refractivity contribution < 1.29 is 14.3 Å². The lowest BCUT2D eigenvalue weighted by molar-refractivity contribution is 0.194. The van der Waals surface area contributed by atoms with Crippen molar-refractivity contribution in [3.05, 3.63) is 73.6 Å². The van der Waals surface area contributed by atoms with E-state index >= 15 is 0 Å². The number of benzene rings is 2. The van der Waals surface area contributed by atoms with Crippen LogP contribution in [-0.4, -0.2) is 11.2 Å². The number of aryl methyl sites for hydroxylation is 1. The monoisotopic (exact) mass is 392 g/mol. The Balaban J connectivity index is 1.94. The van der Waals surface area contributed by atoms with Crippen molar-refractivity contribution in [3.63, 3.8) is 0 Å². The first-order valence-electron chi connectivity index (χ1n) is 8.16. The van der Waals surface area contributed by atoms with Crippen LogP contribution in [0.15, 0.2) is 45.6 Å². The summed E-state index contributed by atoms with van der Waals surface area (Å²) in [5.74, 6) is 0.431. The van der Waals surface area contributed by atoms with Crippen LogP contribution in [0.2, 0.25) is 10.0 Å². The molecule has 0 spiro atoms. The van der Waals surface area contributed by atoms with Crippen molar-refractivity contribution in [3.8, 4) is 5.75 Å². The second kappa shape index (κ2) is 7.70. The number of rotatable bonds is 5. The molecule has 3 rings (SSSR count). The van der Waals surface area contributed by atoms with Crippen LogP contribution in [0.25, 0.3) is 11.0 Å². The largest absolute Gasteiger partial charge is 0.487 e. The highest BCUT2D eigenvalue weighted by molar-refractivity contribution is 6.32. The third-order valence-corrected chi connectivity index (χ3v) is 4.69. The average molecular weight is 393 g/mol. The van der Waals surface area contributed by atoms with Gasteiger partial charge in [-0.2, -0.15) is 0 Å². The molecule has 0 aliphatic heterocycles. The number of aliphatic hydroxyl groups is 1. The second-order valence-corrected chi connectivity index (χ2v) is 7.08. The molecule has 0 saturated carbocycles. The van der Waals surface area contributed by atoms with Crippen molar-refractivity contribution in [1.29, 1.82) is 0 Å². The summed E-state index contributed by atoms with van der Waals surface area (Å²) in [6, 6.07) is 10.6. The maximum Gasteiger partial charge on any atom is 0.339 e. The van der Waals surface area contributed by atoms with Crippen LogP contribution in [0.1, 0.15) is 23.6 Å². The van der Waals surface area contributed by atoms with Crippen LogP contribution in [-0.2, 0) is 13.0 Å². The smallest absolute Gasteiger partial charge is 0.339 e. The number of halogens is 2. The Morgan fingerprint density at radius 3 is 2.54 bits per heavy atom. The Hall–Kier alpha value is -2.01. The molecule has 0 bridgehead atoms. The van der Waals surface area contributed by atoms with E-state index in [-0.39, 0.29) is 6.42 Å². The van der Waals surface area contributed by atoms with E-state index in [9.17, 15) is 9.90 Å². The molecule has 0 saturated heterocycles. The van der Waals surface area contributed by atoms with Gasteiger partial charge in [0.15, 0.2) is 0 Å². The zero-order chi connectivity index (χ0) is 18.8. The first-order chi connectivity index (χ1) is 12.3. The molecule has 3 aromatic rings.